The van der Waals surface area contributed by atoms with Crippen LogP contribution in [0.3, 0.4) is 0 Å². The molecule has 0 bridgehead atoms. The fourth-order valence-corrected chi connectivity index (χ4v) is 1.57. The van der Waals surface area contributed by atoms with Gasteiger partial charge < -0.3 is 10.4 Å². The van der Waals surface area contributed by atoms with Crippen molar-refractivity contribution >= 4 is 27.7 Å². The van der Waals surface area contributed by atoms with E-state index in [9.17, 15) is 4.79 Å². The fraction of sp³-hybridized carbons (Fsp3) is 0.500. The van der Waals surface area contributed by atoms with Gasteiger partial charge in [-0.3, -0.25) is 0 Å². The number of carboxylic acid groups (broad SMARTS) is 1. The van der Waals surface area contributed by atoms with E-state index in [4.69, 9.17) is 5.11 Å². The summed E-state index contributed by atoms with van der Waals surface area (Å²) in [4.78, 5) is 15.1. The number of rotatable bonds is 5. The lowest BCUT2D eigenvalue weighted by Gasteiger charge is -2.17. The number of nitrogens with one attached hydrogen (secondary N) is 1. The van der Waals surface area contributed by atoms with Crippen LogP contribution in [0.5, 0.6) is 0 Å². The van der Waals surface area contributed by atoms with Crippen molar-refractivity contribution in [3.63, 3.8) is 0 Å². The summed E-state index contributed by atoms with van der Waals surface area (Å²) in [6.45, 7) is 7.11. The Morgan fingerprint density at radius 2 is 2.18 bits per heavy atom. The number of aromatic nitrogens is 1. The third-order valence-corrected chi connectivity index (χ3v) is 3.25. The summed E-state index contributed by atoms with van der Waals surface area (Å²) in [5, 5.41) is 12.2. The molecule has 0 saturated heterocycles. The van der Waals surface area contributed by atoms with E-state index in [1.165, 1.54) is 0 Å². The monoisotopic (exact) mass is 300 g/mol. The van der Waals surface area contributed by atoms with Gasteiger partial charge in [0.05, 0.1) is 0 Å². The van der Waals surface area contributed by atoms with Gasteiger partial charge in [0, 0.05) is 17.2 Å². The lowest BCUT2D eigenvalue weighted by atomic mass is 9.98. The summed E-state index contributed by atoms with van der Waals surface area (Å²) in [6, 6.07) is 1.55. The maximum atomic E-state index is 11.1. The van der Waals surface area contributed by atoms with Gasteiger partial charge >= 0.3 is 5.97 Å². The van der Waals surface area contributed by atoms with Crippen LogP contribution in [0.1, 0.15) is 31.1 Å². The highest BCUT2D eigenvalue weighted by Gasteiger charge is 2.13. The van der Waals surface area contributed by atoms with Crippen molar-refractivity contribution in [2.75, 3.05) is 11.9 Å². The van der Waals surface area contributed by atoms with E-state index in [0.29, 0.717) is 28.7 Å². The molecule has 0 radical (unpaired) electrons. The van der Waals surface area contributed by atoms with Crippen LogP contribution >= 0.6 is 15.9 Å². The van der Waals surface area contributed by atoms with Crippen molar-refractivity contribution in [3.8, 4) is 0 Å². The van der Waals surface area contributed by atoms with E-state index in [0.717, 1.165) is 0 Å². The molecule has 1 aromatic heterocycles. The summed E-state index contributed by atoms with van der Waals surface area (Å²) in [7, 11) is 0. The zero-order valence-electron chi connectivity index (χ0n) is 10.2. The Bertz CT molecular complexity index is 407. The molecule has 0 saturated carbocycles. The van der Waals surface area contributed by atoms with Crippen LogP contribution in [0.2, 0.25) is 0 Å². The number of hydrogen-bond acceptors (Lipinski definition) is 3. The number of carboxylic acids is 1. The van der Waals surface area contributed by atoms with Gasteiger partial charge in [-0.2, -0.15) is 0 Å². The van der Waals surface area contributed by atoms with Gasteiger partial charge in [-0.15, -0.1) is 0 Å². The maximum absolute atomic E-state index is 11.1. The average Bonchev–Trinajstić information content (AvgIpc) is 2.26. The summed E-state index contributed by atoms with van der Waals surface area (Å²) >= 11 is 3.21. The number of carbonyl (C=O) groups is 1. The van der Waals surface area contributed by atoms with Gasteiger partial charge in [0.2, 0.25) is 0 Å². The normalized spacial score (nSPS) is 12.5. The smallest absolute Gasteiger partial charge is 0.339 e. The van der Waals surface area contributed by atoms with Crippen molar-refractivity contribution in [2.24, 2.45) is 11.8 Å². The highest BCUT2D eigenvalue weighted by molar-refractivity contribution is 9.10. The van der Waals surface area contributed by atoms with E-state index in [-0.39, 0.29) is 5.56 Å². The topological polar surface area (TPSA) is 62.2 Å². The molecule has 0 amide bonds. The molecule has 2 N–H and O–H groups in total. The van der Waals surface area contributed by atoms with E-state index in [1.807, 2.05) is 0 Å². The lowest BCUT2D eigenvalue weighted by Crippen LogP contribution is -2.18. The predicted molar refractivity (Wildman–Crippen MR) is 71.4 cm³/mol. The third kappa shape index (κ3) is 4.00. The summed E-state index contributed by atoms with van der Waals surface area (Å²) in [6.07, 6.45) is 1.59. The molecule has 1 rings (SSSR count). The minimum Gasteiger partial charge on any atom is -0.478 e. The fourth-order valence-electron chi connectivity index (χ4n) is 1.24. The van der Waals surface area contributed by atoms with E-state index in [2.05, 4.69) is 47.0 Å². The van der Waals surface area contributed by atoms with E-state index >= 15 is 0 Å². The second kappa shape index (κ2) is 6.00. The van der Waals surface area contributed by atoms with Crippen molar-refractivity contribution < 1.29 is 9.90 Å². The van der Waals surface area contributed by atoms with Crippen LogP contribution < -0.4 is 5.32 Å². The molecule has 0 fully saturated rings. The highest BCUT2D eigenvalue weighted by atomic mass is 79.9. The summed E-state index contributed by atoms with van der Waals surface area (Å²) in [5.41, 5.74) is 0.190. The molecule has 17 heavy (non-hydrogen) atoms. The van der Waals surface area contributed by atoms with Crippen LogP contribution in [0.4, 0.5) is 5.82 Å². The highest BCUT2D eigenvalue weighted by Crippen LogP contribution is 2.19. The van der Waals surface area contributed by atoms with Gasteiger partial charge in [-0.05, 0) is 33.8 Å². The first kappa shape index (κ1) is 14.0. The van der Waals surface area contributed by atoms with Crippen LogP contribution in [0.25, 0.3) is 0 Å². The Kier molecular flexibility index (Phi) is 4.93. The largest absolute Gasteiger partial charge is 0.478 e. The maximum Gasteiger partial charge on any atom is 0.339 e. The van der Waals surface area contributed by atoms with E-state index in [1.54, 1.807) is 12.3 Å². The van der Waals surface area contributed by atoms with Crippen LogP contribution in [0, 0.1) is 11.8 Å². The Morgan fingerprint density at radius 3 is 2.71 bits per heavy atom. The molecule has 0 aromatic carbocycles. The van der Waals surface area contributed by atoms with Gasteiger partial charge in [0.1, 0.15) is 11.4 Å². The Morgan fingerprint density at radius 1 is 1.53 bits per heavy atom. The number of halogens is 1. The minimum absolute atomic E-state index is 0.190. The molecule has 0 aliphatic carbocycles. The van der Waals surface area contributed by atoms with Crippen LogP contribution in [-0.4, -0.2) is 22.6 Å². The molecular formula is C12H17BrN2O2. The second-order valence-corrected chi connectivity index (χ2v) is 5.37. The Hall–Kier alpha value is -1.10. The van der Waals surface area contributed by atoms with Crippen LogP contribution in [-0.2, 0) is 0 Å². The zero-order valence-corrected chi connectivity index (χ0v) is 11.8. The lowest BCUT2D eigenvalue weighted by molar-refractivity contribution is 0.0697. The number of nitrogens with zero attached hydrogens (tertiary/aromatic N) is 1. The first-order valence-electron chi connectivity index (χ1n) is 5.54. The molecule has 1 unspecified atom stereocenters. The molecule has 1 heterocycles. The van der Waals surface area contributed by atoms with Crippen molar-refractivity contribution in [3.05, 3.63) is 22.3 Å². The number of aromatic carboxylic acids is 1. The van der Waals surface area contributed by atoms with Crippen molar-refractivity contribution in [1.82, 2.24) is 4.98 Å². The van der Waals surface area contributed by atoms with Crippen LogP contribution in [0.15, 0.2) is 16.7 Å². The molecule has 5 heteroatoms. The number of anilines is 1. The second-order valence-electron chi connectivity index (χ2n) is 4.46. The van der Waals surface area contributed by atoms with E-state index < -0.39 is 5.97 Å². The average molecular weight is 301 g/mol. The molecule has 4 nitrogen and oxygen atoms in total. The third-order valence-electron chi connectivity index (χ3n) is 2.81. The quantitative estimate of drug-likeness (QED) is 0.876. The molecule has 0 aliphatic rings. The van der Waals surface area contributed by atoms with Gasteiger partial charge in [0.15, 0.2) is 0 Å². The minimum atomic E-state index is -0.974. The van der Waals surface area contributed by atoms with Crippen molar-refractivity contribution in [2.45, 2.75) is 20.8 Å². The Balaban J connectivity index is 2.80. The molecule has 0 spiro atoms. The molecule has 0 aliphatic heterocycles. The van der Waals surface area contributed by atoms with Gasteiger partial charge in [0.25, 0.3) is 0 Å². The number of pyridine rings is 1. The van der Waals surface area contributed by atoms with Gasteiger partial charge in [-0.1, -0.05) is 20.8 Å². The molecule has 1 aromatic rings. The molecular weight excluding hydrogens is 284 g/mol. The summed E-state index contributed by atoms with van der Waals surface area (Å²) < 4.78 is 0.664. The summed E-state index contributed by atoms with van der Waals surface area (Å²) in [5.74, 6) is 0.458. The first-order chi connectivity index (χ1) is 7.91. The first-order valence-corrected chi connectivity index (χ1v) is 6.33. The standard InChI is InChI=1S/C12H17BrN2O2/c1-7(2)8(3)5-14-11-10(12(16)17)4-9(13)6-15-11/h4,6-8H,5H2,1-3H3,(H,14,15)(H,16,17). The Labute approximate surface area is 110 Å². The zero-order chi connectivity index (χ0) is 13.0. The number of hydrogen-bond donors (Lipinski definition) is 2. The van der Waals surface area contributed by atoms with Gasteiger partial charge in [-0.25, -0.2) is 9.78 Å². The SMILES string of the molecule is CC(C)C(C)CNc1ncc(Br)cc1C(=O)O. The molecule has 1 atom stereocenters. The van der Waals surface area contributed by atoms with Crippen molar-refractivity contribution in [1.29, 1.82) is 0 Å². The predicted octanol–water partition coefficient (Wildman–Crippen LogP) is 3.25. The molecule has 94 valence electrons.